The minimum Gasteiger partial charge on any atom is -0.497 e. The Morgan fingerprint density at radius 3 is 2.48 bits per heavy atom. The van der Waals surface area contributed by atoms with Gasteiger partial charge >= 0.3 is 0 Å². The van der Waals surface area contributed by atoms with Gasteiger partial charge in [0.25, 0.3) is 5.95 Å². The van der Waals surface area contributed by atoms with E-state index in [0.717, 1.165) is 39.8 Å². The van der Waals surface area contributed by atoms with E-state index < -0.39 is 0 Å². The predicted molar refractivity (Wildman–Crippen MR) is 120 cm³/mol. The van der Waals surface area contributed by atoms with Crippen LogP contribution in [0.4, 0.5) is 5.95 Å². The number of halogens is 1. The van der Waals surface area contributed by atoms with Crippen molar-refractivity contribution in [3.05, 3.63) is 94.4 Å². The monoisotopic (exact) mass is 430 g/mol. The number of hydrazone groups is 1. The smallest absolute Gasteiger partial charge is 0.253 e. The van der Waals surface area contributed by atoms with E-state index in [-0.39, 0.29) is 0 Å². The molecule has 0 radical (unpaired) electrons. The van der Waals surface area contributed by atoms with E-state index in [0.29, 0.717) is 17.5 Å². The molecular formula is C23H19ClN6O. The van der Waals surface area contributed by atoms with E-state index in [1.807, 2.05) is 77.2 Å². The van der Waals surface area contributed by atoms with Crippen molar-refractivity contribution < 1.29 is 4.74 Å². The second-order valence-electron chi connectivity index (χ2n) is 7.12. The highest BCUT2D eigenvalue weighted by Gasteiger charge is 2.27. The lowest BCUT2D eigenvalue weighted by Crippen LogP contribution is -2.20. The number of pyridine rings is 1. The molecule has 4 aromatic rings. The second-order valence-corrected chi connectivity index (χ2v) is 7.55. The van der Waals surface area contributed by atoms with Crippen LogP contribution in [0.5, 0.6) is 5.75 Å². The van der Waals surface area contributed by atoms with Crippen molar-refractivity contribution in [3.8, 4) is 11.6 Å². The molecule has 2 aromatic carbocycles. The van der Waals surface area contributed by atoms with Crippen molar-refractivity contribution in [3.63, 3.8) is 0 Å². The maximum absolute atomic E-state index is 6.12. The SMILES string of the molecule is COc1ccc(CN2N=C(c3ccc(Cl)cc3)c3cccnc3-n3c(C)nnc32)cc1. The van der Waals surface area contributed by atoms with Crippen LogP contribution in [0.25, 0.3) is 5.82 Å². The number of aryl methyl sites for hydroxylation is 1. The lowest BCUT2D eigenvalue weighted by atomic mass is 10.0. The van der Waals surface area contributed by atoms with Gasteiger partial charge in [-0.1, -0.05) is 35.9 Å². The first-order valence-electron chi connectivity index (χ1n) is 9.77. The molecule has 0 amide bonds. The molecular weight excluding hydrogens is 412 g/mol. The van der Waals surface area contributed by atoms with Gasteiger partial charge in [0.2, 0.25) is 0 Å². The van der Waals surface area contributed by atoms with Crippen LogP contribution in [0.3, 0.4) is 0 Å². The summed E-state index contributed by atoms with van der Waals surface area (Å²) < 4.78 is 7.21. The van der Waals surface area contributed by atoms with Gasteiger partial charge in [0.15, 0.2) is 5.82 Å². The summed E-state index contributed by atoms with van der Waals surface area (Å²) in [4.78, 5) is 4.64. The molecule has 0 aliphatic carbocycles. The van der Waals surface area contributed by atoms with Crippen molar-refractivity contribution in [2.45, 2.75) is 13.5 Å². The third kappa shape index (κ3) is 3.53. The first-order chi connectivity index (χ1) is 15.1. The van der Waals surface area contributed by atoms with Gasteiger partial charge in [-0.2, -0.15) is 5.10 Å². The molecule has 0 bridgehead atoms. The molecule has 5 rings (SSSR count). The predicted octanol–water partition coefficient (Wildman–Crippen LogP) is 4.41. The van der Waals surface area contributed by atoms with E-state index in [2.05, 4.69) is 15.2 Å². The maximum Gasteiger partial charge on any atom is 0.253 e. The number of benzene rings is 2. The van der Waals surface area contributed by atoms with Crippen LogP contribution in [0.15, 0.2) is 72.0 Å². The molecule has 2 aromatic heterocycles. The summed E-state index contributed by atoms with van der Waals surface area (Å²) in [5.74, 6) is 2.89. The minimum absolute atomic E-state index is 0.507. The van der Waals surface area contributed by atoms with Crippen LogP contribution in [0, 0.1) is 6.92 Å². The highest BCUT2D eigenvalue weighted by Crippen LogP contribution is 2.29. The van der Waals surface area contributed by atoms with E-state index in [1.54, 1.807) is 13.3 Å². The van der Waals surface area contributed by atoms with Gasteiger partial charge in [-0.3, -0.25) is 0 Å². The highest BCUT2D eigenvalue weighted by molar-refractivity contribution is 6.30. The van der Waals surface area contributed by atoms with Gasteiger partial charge in [0.05, 0.1) is 13.7 Å². The Morgan fingerprint density at radius 2 is 1.74 bits per heavy atom. The molecule has 0 fully saturated rings. The van der Waals surface area contributed by atoms with Crippen molar-refractivity contribution in [2.75, 3.05) is 12.1 Å². The number of methoxy groups -OCH3 is 1. The van der Waals surface area contributed by atoms with Gasteiger partial charge in [-0.05, 0) is 48.9 Å². The first-order valence-corrected chi connectivity index (χ1v) is 10.1. The fraction of sp³-hybridized carbons (Fsp3) is 0.130. The van der Waals surface area contributed by atoms with Crippen LogP contribution in [0.1, 0.15) is 22.5 Å². The summed E-state index contributed by atoms with van der Waals surface area (Å²) >= 11 is 6.12. The van der Waals surface area contributed by atoms with Crippen molar-refractivity contribution in [1.82, 2.24) is 19.7 Å². The average molecular weight is 431 g/mol. The summed E-state index contributed by atoms with van der Waals surface area (Å²) in [5.41, 5.74) is 3.69. The minimum atomic E-state index is 0.507. The Balaban J connectivity index is 1.68. The fourth-order valence-electron chi connectivity index (χ4n) is 3.58. The lowest BCUT2D eigenvalue weighted by molar-refractivity contribution is 0.414. The van der Waals surface area contributed by atoms with E-state index >= 15 is 0 Å². The Morgan fingerprint density at radius 1 is 0.968 bits per heavy atom. The lowest BCUT2D eigenvalue weighted by Gasteiger charge is -2.18. The average Bonchev–Trinajstić information content (AvgIpc) is 3.12. The molecule has 0 N–H and O–H groups in total. The topological polar surface area (TPSA) is 68.4 Å². The van der Waals surface area contributed by atoms with Crippen molar-refractivity contribution >= 4 is 23.3 Å². The molecule has 1 aliphatic rings. The van der Waals surface area contributed by atoms with Gasteiger partial charge in [-0.25, -0.2) is 14.6 Å². The first kappa shape index (κ1) is 19.3. The van der Waals surface area contributed by atoms with Crippen LogP contribution in [0.2, 0.25) is 5.02 Å². The van der Waals surface area contributed by atoms with E-state index in [9.17, 15) is 0 Å². The third-order valence-corrected chi connectivity index (χ3v) is 5.37. The molecule has 0 spiro atoms. The molecule has 0 saturated carbocycles. The van der Waals surface area contributed by atoms with Gasteiger partial charge < -0.3 is 4.74 Å². The Labute approximate surface area is 184 Å². The number of hydrogen-bond donors (Lipinski definition) is 0. The molecule has 31 heavy (non-hydrogen) atoms. The number of nitrogens with zero attached hydrogens (tertiary/aromatic N) is 6. The van der Waals surface area contributed by atoms with Crippen LogP contribution in [-0.2, 0) is 6.54 Å². The number of rotatable bonds is 4. The zero-order chi connectivity index (χ0) is 21.4. The van der Waals surface area contributed by atoms with Crippen LogP contribution in [-0.4, -0.2) is 32.6 Å². The summed E-state index contributed by atoms with van der Waals surface area (Å²) in [6.07, 6.45) is 1.76. The molecule has 0 unspecified atom stereocenters. The zero-order valence-corrected chi connectivity index (χ0v) is 17.8. The number of anilines is 1. The molecule has 0 saturated heterocycles. The van der Waals surface area contributed by atoms with Gasteiger partial charge in [-0.15, -0.1) is 10.2 Å². The van der Waals surface area contributed by atoms with Crippen LogP contribution < -0.4 is 9.75 Å². The number of fused-ring (bicyclic) bond motifs is 3. The number of aromatic nitrogens is 4. The second kappa shape index (κ2) is 7.85. The molecule has 7 nitrogen and oxygen atoms in total. The molecule has 8 heteroatoms. The summed E-state index contributed by atoms with van der Waals surface area (Å²) in [7, 11) is 1.65. The van der Waals surface area contributed by atoms with E-state index in [1.165, 1.54) is 0 Å². The van der Waals surface area contributed by atoms with Gasteiger partial charge in [0.1, 0.15) is 17.3 Å². The van der Waals surface area contributed by atoms with Crippen molar-refractivity contribution in [2.24, 2.45) is 5.10 Å². The summed E-state index contributed by atoms with van der Waals surface area (Å²) in [6, 6.07) is 19.5. The molecule has 3 heterocycles. The largest absolute Gasteiger partial charge is 0.497 e. The fourth-order valence-corrected chi connectivity index (χ4v) is 3.70. The Bertz CT molecular complexity index is 1260. The summed E-state index contributed by atoms with van der Waals surface area (Å²) in [5, 5.41) is 16.3. The van der Waals surface area contributed by atoms with Crippen LogP contribution >= 0.6 is 11.6 Å². The maximum atomic E-state index is 6.12. The molecule has 0 atom stereocenters. The third-order valence-electron chi connectivity index (χ3n) is 5.12. The molecule has 154 valence electrons. The Hall–Kier alpha value is -3.71. The zero-order valence-electron chi connectivity index (χ0n) is 17.0. The van der Waals surface area contributed by atoms with Crippen molar-refractivity contribution in [1.29, 1.82) is 0 Å². The summed E-state index contributed by atoms with van der Waals surface area (Å²) in [6.45, 7) is 2.42. The highest BCUT2D eigenvalue weighted by atomic mass is 35.5. The molecule has 1 aliphatic heterocycles. The van der Waals surface area contributed by atoms with Gasteiger partial charge in [0, 0.05) is 22.3 Å². The number of hydrogen-bond acceptors (Lipinski definition) is 6. The number of ether oxygens (including phenoxy) is 1. The normalized spacial score (nSPS) is 12.6. The Kier molecular flexibility index (Phi) is 4.88. The van der Waals surface area contributed by atoms with E-state index in [4.69, 9.17) is 21.4 Å². The standard InChI is InChI=1S/C23H19ClN6O/c1-15-26-27-23-29(14-16-5-11-19(31-2)12-6-16)28-21(17-7-9-18(24)10-8-17)20-4-3-13-25-22(20)30(15)23/h3-13H,14H2,1-2H3. The quantitative estimate of drug-likeness (QED) is 0.480.